The van der Waals surface area contributed by atoms with Gasteiger partial charge in [0.1, 0.15) is 5.60 Å². The fourth-order valence-corrected chi connectivity index (χ4v) is 2.15. The standard InChI is InChI=1S/C15H29N3O4/c1-15(2,3)22-14(20)18-12-9-11(10-12)16-6-5-13(19)17-7-8-21-4/h11-12,16H,5-10H2,1-4H3,(H,17,19)(H,18,20). The zero-order valence-corrected chi connectivity index (χ0v) is 14.0. The molecule has 1 rings (SSSR count). The lowest BCUT2D eigenvalue weighted by atomic mass is 9.87. The maximum absolute atomic E-state index is 11.6. The molecular formula is C15H29N3O4. The van der Waals surface area contributed by atoms with Crippen molar-refractivity contribution in [1.29, 1.82) is 0 Å². The molecule has 0 aromatic carbocycles. The summed E-state index contributed by atoms with van der Waals surface area (Å²) < 4.78 is 10.1. The Morgan fingerprint density at radius 2 is 1.82 bits per heavy atom. The molecule has 1 saturated carbocycles. The lowest BCUT2D eigenvalue weighted by molar-refractivity contribution is -0.121. The summed E-state index contributed by atoms with van der Waals surface area (Å²) in [6.07, 6.45) is 1.81. The number of hydrogen-bond donors (Lipinski definition) is 3. The van der Waals surface area contributed by atoms with E-state index in [1.54, 1.807) is 7.11 Å². The van der Waals surface area contributed by atoms with Gasteiger partial charge in [0.2, 0.25) is 5.91 Å². The van der Waals surface area contributed by atoms with Gasteiger partial charge >= 0.3 is 6.09 Å². The summed E-state index contributed by atoms with van der Waals surface area (Å²) in [6, 6.07) is 0.509. The van der Waals surface area contributed by atoms with E-state index in [0.29, 0.717) is 32.2 Å². The summed E-state index contributed by atoms with van der Waals surface area (Å²) in [6.45, 7) is 7.24. The van der Waals surface area contributed by atoms with E-state index in [0.717, 1.165) is 12.8 Å². The molecule has 0 spiro atoms. The minimum Gasteiger partial charge on any atom is -0.444 e. The minimum atomic E-state index is -0.471. The van der Waals surface area contributed by atoms with Crippen molar-refractivity contribution >= 4 is 12.0 Å². The van der Waals surface area contributed by atoms with Crippen LogP contribution in [0.1, 0.15) is 40.0 Å². The average Bonchev–Trinajstić information content (AvgIpc) is 2.33. The Bertz CT molecular complexity index is 362. The molecule has 2 amide bonds. The van der Waals surface area contributed by atoms with Gasteiger partial charge in [-0.25, -0.2) is 4.79 Å². The van der Waals surface area contributed by atoms with Crippen LogP contribution in [0.5, 0.6) is 0 Å². The third kappa shape index (κ3) is 8.19. The van der Waals surface area contributed by atoms with E-state index in [-0.39, 0.29) is 18.0 Å². The molecule has 0 atom stereocenters. The summed E-state index contributed by atoms with van der Waals surface area (Å²) in [5.41, 5.74) is -0.471. The molecule has 0 heterocycles. The number of alkyl carbamates (subject to hydrolysis) is 1. The summed E-state index contributed by atoms with van der Waals surface area (Å²) in [7, 11) is 1.60. The van der Waals surface area contributed by atoms with Crippen LogP contribution in [0, 0.1) is 0 Å². The van der Waals surface area contributed by atoms with Crippen LogP contribution in [0.2, 0.25) is 0 Å². The molecular weight excluding hydrogens is 286 g/mol. The van der Waals surface area contributed by atoms with Crippen molar-refractivity contribution < 1.29 is 19.1 Å². The van der Waals surface area contributed by atoms with Gasteiger partial charge in [0, 0.05) is 38.7 Å². The van der Waals surface area contributed by atoms with Crippen molar-refractivity contribution in [2.24, 2.45) is 0 Å². The van der Waals surface area contributed by atoms with Crippen molar-refractivity contribution in [2.45, 2.75) is 57.7 Å². The van der Waals surface area contributed by atoms with Gasteiger partial charge in [-0.3, -0.25) is 4.79 Å². The van der Waals surface area contributed by atoms with Crippen LogP contribution < -0.4 is 16.0 Å². The molecule has 0 aromatic rings. The van der Waals surface area contributed by atoms with E-state index in [4.69, 9.17) is 9.47 Å². The van der Waals surface area contributed by atoms with Gasteiger partial charge in [0.15, 0.2) is 0 Å². The maximum atomic E-state index is 11.6. The monoisotopic (exact) mass is 315 g/mol. The molecule has 0 radical (unpaired) electrons. The average molecular weight is 315 g/mol. The zero-order chi connectivity index (χ0) is 16.6. The lowest BCUT2D eigenvalue weighted by Gasteiger charge is -2.36. The van der Waals surface area contributed by atoms with Crippen LogP contribution in [0.3, 0.4) is 0 Å². The zero-order valence-electron chi connectivity index (χ0n) is 14.0. The largest absolute Gasteiger partial charge is 0.444 e. The van der Waals surface area contributed by atoms with Gasteiger partial charge in [-0.2, -0.15) is 0 Å². The highest BCUT2D eigenvalue weighted by Crippen LogP contribution is 2.20. The molecule has 22 heavy (non-hydrogen) atoms. The first-order valence-electron chi connectivity index (χ1n) is 7.78. The molecule has 0 saturated heterocycles. The van der Waals surface area contributed by atoms with Crippen molar-refractivity contribution in [3.05, 3.63) is 0 Å². The Kier molecular flexibility index (Phi) is 7.61. The number of rotatable bonds is 8. The van der Waals surface area contributed by atoms with E-state index in [1.807, 2.05) is 20.8 Å². The van der Waals surface area contributed by atoms with Crippen LogP contribution in [0.25, 0.3) is 0 Å². The molecule has 3 N–H and O–H groups in total. The predicted molar refractivity (Wildman–Crippen MR) is 83.7 cm³/mol. The topological polar surface area (TPSA) is 88.7 Å². The molecule has 128 valence electrons. The highest BCUT2D eigenvalue weighted by atomic mass is 16.6. The second kappa shape index (κ2) is 8.95. The van der Waals surface area contributed by atoms with Crippen LogP contribution in [0.4, 0.5) is 4.79 Å². The van der Waals surface area contributed by atoms with Gasteiger partial charge in [0.05, 0.1) is 6.61 Å². The minimum absolute atomic E-state index is 0.0207. The molecule has 0 aliphatic heterocycles. The maximum Gasteiger partial charge on any atom is 0.407 e. The van der Waals surface area contributed by atoms with Gasteiger partial charge < -0.3 is 25.4 Å². The Labute approximate surface area is 132 Å². The third-order valence-electron chi connectivity index (χ3n) is 3.27. The van der Waals surface area contributed by atoms with Crippen molar-refractivity contribution in [3.63, 3.8) is 0 Å². The normalized spacial score (nSPS) is 20.9. The van der Waals surface area contributed by atoms with Crippen molar-refractivity contribution in [2.75, 3.05) is 26.8 Å². The third-order valence-corrected chi connectivity index (χ3v) is 3.27. The fraction of sp³-hybridized carbons (Fsp3) is 0.867. The highest BCUT2D eigenvalue weighted by molar-refractivity contribution is 5.76. The molecule has 1 aliphatic carbocycles. The van der Waals surface area contributed by atoms with E-state index in [9.17, 15) is 9.59 Å². The molecule has 7 nitrogen and oxygen atoms in total. The van der Waals surface area contributed by atoms with Gasteiger partial charge in [-0.1, -0.05) is 0 Å². The first-order chi connectivity index (χ1) is 10.3. The quantitative estimate of drug-likeness (QED) is 0.576. The van der Waals surface area contributed by atoms with Gasteiger partial charge in [-0.15, -0.1) is 0 Å². The van der Waals surface area contributed by atoms with Crippen LogP contribution in [-0.4, -0.2) is 56.5 Å². The van der Waals surface area contributed by atoms with E-state index in [1.165, 1.54) is 0 Å². The lowest BCUT2D eigenvalue weighted by Crippen LogP contribution is -2.53. The number of carbonyl (C=O) groups excluding carboxylic acids is 2. The summed E-state index contributed by atoms with van der Waals surface area (Å²) in [4.78, 5) is 23.0. The number of hydrogen-bond acceptors (Lipinski definition) is 5. The molecule has 0 aromatic heterocycles. The van der Waals surface area contributed by atoms with E-state index >= 15 is 0 Å². The molecule has 1 aliphatic rings. The number of methoxy groups -OCH3 is 1. The number of ether oxygens (including phenoxy) is 2. The van der Waals surface area contributed by atoms with Crippen LogP contribution >= 0.6 is 0 Å². The Balaban J connectivity index is 2.01. The van der Waals surface area contributed by atoms with Crippen molar-refractivity contribution in [1.82, 2.24) is 16.0 Å². The first-order valence-corrected chi connectivity index (χ1v) is 7.78. The second-order valence-corrected chi connectivity index (χ2v) is 6.56. The number of nitrogens with one attached hydrogen (secondary N) is 3. The summed E-state index contributed by atoms with van der Waals surface area (Å²) in [5, 5.41) is 8.92. The second-order valence-electron chi connectivity index (χ2n) is 6.56. The Hall–Kier alpha value is -1.34. The van der Waals surface area contributed by atoms with Crippen molar-refractivity contribution in [3.8, 4) is 0 Å². The molecule has 7 heteroatoms. The van der Waals surface area contributed by atoms with Crippen LogP contribution in [0.15, 0.2) is 0 Å². The summed E-state index contributed by atoms with van der Waals surface area (Å²) in [5.74, 6) is 0.0207. The van der Waals surface area contributed by atoms with Gasteiger partial charge in [0.25, 0.3) is 0 Å². The Morgan fingerprint density at radius 1 is 1.14 bits per heavy atom. The summed E-state index contributed by atoms with van der Waals surface area (Å²) >= 11 is 0. The number of carbonyl (C=O) groups is 2. The van der Waals surface area contributed by atoms with Gasteiger partial charge in [-0.05, 0) is 33.6 Å². The highest BCUT2D eigenvalue weighted by Gasteiger charge is 2.31. The fourth-order valence-electron chi connectivity index (χ4n) is 2.15. The smallest absolute Gasteiger partial charge is 0.407 e. The molecule has 0 bridgehead atoms. The SMILES string of the molecule is COCCNC(=O)CCNC1CC(NC(=O)OC(C)(C)C)C1. The molecule has 0 unspecified atom stereocenters. The van der Waals surface area contributed by atoms with E-state index in [2.05, 4.69) is 16.0 Å². The number of amides is 2. The van der Waals surface area contributed by atoms with E-state index < -0.39 is 5.60 Å². The molecule has 1 fully saturated rings. The Morgan fingerprint density at radius 3 is 2.41 bits per heavy atom. The first kappa shape index (κ1) is 18.7. The van der Waals surface area contributed by atoms with Crippen LogP contribution in [-0.2, 0) is 14.3 Å². The predicted octanol–water partition coefficient (Wildman–Crippen LogP) is 0.784.